The van der Waals surface area contributed by atoms with Crippen molar-refractivity contribution in [1.29, 1.82) is 0 Å². The minimum atomic E-state index is 0.139. The Morgan fingerprint density at radius 2 is 2.25 bits per heavy atom. The van der Waals surface area contributed by atoms with Crippen molar-refractivity contribution < 1.29 is 9.47 Å². The molecule has 0 radical (unpaired) electrons. The van der Waals surface area contributed by atoms with Crippen LogP contribution in [0.3, 0.4) is 0 Å². The van der Waals surface area contributed by atoms with Crippen molar-refractivity contribution in [2.24, 2.45) is 5.73 Å². The lowest BCUT2D eigenvalue weighted by Gasteiger charge is -2.18. The molecule has 4 heteroatoms. The Labute approximate surface area is 122 Å². The molecule has 1 unspecified atom stereocenters. The summed E-state index contributed by atoms with van der Waals surface area (Å²) in [6, 6.07) is 8.43. The second-order valence-corrected chi connectivity index (χ2v) is 4.93. The molecule has 20 heavy (non-hydrogen) atoms. The first kappa shape index (κ1) is 16.9. The van der Waals surface area contributed by atoms with Gasteiger partial charge in [-0.1, -0.05) is 36.4 Å². The maximum absolute atomic E-state index is 5.84. The molecule has 0 heterocycles. The van der Waals surface area contributed by atoms with Gasteiger partial charge in [-0.2, -0.15) is 0 Å². The first-order valence-electron chi connectivity index (χ1n) is 6.90. The molecule has 0 saturated heterocycles. The monoisotopic (exact) mass is 278 g/mol. The minimum absolute atomic E-state index is 0.139. The zero-order chi connectivity index (χ0) is 14.8. The van der Waals surface area contributed by atoms with Crippen LogP contribution in [0.1, 0.15) is 24.1 Å². The summed E-state index contributed by atoms with van der Waals surface area (Å²) in [5, 5.41) is 3.41. The van der Waals surface area contributed by atoms with Gasteiger partial charge in [-0.25, -0.2) is 0 Å². The molecule has 0 spiro atoms. The standard InChI is InChI=1S/C16H26N2O2/c1-13(2)11-20-8-7-18-16(10-17)15-6-4-5-14(9-15)12-19-3/h4-6,9,16,18H,1,7-8,10-12,17H2,2-3H3. The Bertz CT molecular complexity index is 407. The first-order chi connectivity index (χ1) is 9.67. The van der Waals surface area contributed by atoms with Crippen LogP contribution in [0.5, 0.6) is 0 Å². The smallest absolute Gasteiger partial charge is 0.0713 e. The molecular weight excluding hydrogens is 252 g/mol. The first-order valence-corrected chi connectivity index (χ1v) is 6.90. The zero-order valence-corrected chi connectivity index (χ0v) is 12.5. The summed E-state index contributed by atoms with van der Waals surface area (Å²) in [6.45, 7) is 8.96. The van der Waals surface area contributed by atoms with Gasteiger partial charge in [-0.15, -0.1) is 0 Å². The fourth-order valence-corrected chi connectivity index (χ4v) is 1.96. The Hall–Kier alpha value is -1.20. The highest BCUT2D eigenvalue weighted by atomic mass is 16.5. The van der Waals surface area contributed by atoms with Crippen LogP contribution in [0.25, 0.3) is 0 Å². The molecule has 0 aromatic heterocycles. The number of ether oxygens (including phenoxy) is 2. The summed E-state index contributed by atoms with van der Waals surface area (Å²) in [5.74, 6) is 0. The zero-order valence-electron chi connectivity index (χ0n) is 12.5. The number of hydrogen-bond donors (Lipinski definition) is 2. The molecule has 0 bridgehead atoms. The molecule has 112 valence electrons. The SMILES string of the molecule is C=C(C)COCCNC(CN)c1cccc(COC)c1. The third kappa shape index (κ3) is 6.30. The van der Waals surface area contributed by atoms with Crippen LogP contribution in [-0.4, -0.2) is 33.4 Å². The molecule has 0 aliphatic carbocycles. The van der Waals surface area contributed by atoms with E-state index in [1.165, 1.54) is 5.56 Å². The van der Waals surface area contributed by atoms with Crippen molar-refractivity contribution in [3.8, 4) is 0 Å². The van der Waals surface area contributed by atoms with Crippen LogP contribution in [0.15, 0.2) is 36.4 Å². The Kier molecular flexibility index (Phi) is 8.14. The van der Waals surface area contributed by atoms with E-state index in [-0.39, 0.29) is 6.04 Å². The van der Waals surface area contributed by atoms with E-state index in [1.807, 2.05) is 13.0 Å². The fourth-order valence-electron chi connectivity index (χ4n) is 1.96. The Morgan fingerprint density at radius 1 is 1.45 bits per heavy atom. The van der Waals surface area contributed by atoms with Gasteiger partial charge in [0, 0.05) is 26.2 Å². The number of hydrogen-bond acceptors (Lipinski definition) is 4. The lowest BCUT2D eigenvalue weighted by atomic mass is 10.0. The van der Waals surface area contributed by atoms with Crippen LogP contribution < -0.4 is 11.1 Å². The lowest BCUT2D eigenvalue weighted by Crippen LogP contribution is -2.31. The molecule has 0 fully saturated rings. The molecule has 3 N–H and O–H groups in total. The quantitative estimate of drug-likeness (QED) is 0.508. The summed E-state index contributed by atoms with van der Waals surface area (Å²) in [5.41, 5.74) is 9.22. The predicted molar refractivity (Wildman–Crippen MR) is 82.6 cm³/mol. The van der Waals surface area contributed by atoms with E-state index in [0.717, 1.165) is 17.7 Å². The Balaban J connectivity index is 2.44. The van der Waals surface area contributed by atoms with Gasteiger partial charge in [0.05, 0.1) is 19.8 Å². The van der Waals surface area contributed by atoms with E-state index >= 15 is 0 Å². The van der Waals surface area contributed by atoms with E-state index in [2.05, 4.69) is 30.1 Å². The van der Waals surface area contributed by atoms with Crippen LogP contribution in [-0.2, 0) is 16.1 Å². The van der Waals surface area contributed by atoms with E-state index in [9.17, 15) is 0 Å². The van der Waals surface area contributed by atoms with Gasteiger partial charge in [-0.3, -0.25) is 0 Å². The molecule has 1 rings (SSSR count). The predicted octanol–water partition coefficient (Wildman–Crippen LogP) is 2.02. The van der Waals surface area contributed by atoms with Crippen molar-refractivity contribution in [3.63, 3.8) is 0 Å². The van der Waals surface area contributed by atoms with Gasteiger partial charge in [0.1, 0.15) is 0 Å². The average molecular weight is 278 g/mol. The van der Waals surface area contributed by atoms with Gasteiger partial charge in [-0.05, 0) is 18.1 Å². The third-order valence-electron chi connectivity index (χ3n) is 2.89. The second kappa shape index (κ2) is 9.66. The number of methoxy groups -OCH3 is 1. The third-order valence-corrected chi connectivity index (χ3v) is 2.89. The van der Waals surface area contributed by atoms with Gasteiger partial charge in [0.2, 0.25) is 0 Å². The maximum atomic E-state index is 5.84. The highest BCUT2D eigenvalue weighted by molar-refractivity contribution is 5.26. The van der Waals surface area contributed by atoms with Gasteiger partial charge in [0.15, 0.2) is 0 Å². The summed E-state index contributed by atoms with van der Waals surface area (Å²) in [6.07, 6.45) is 0. The van der Waals surface area contributed by atoms with Crippen molar-refractivity contribution in [2.45, 2.75) is 19.6 Å². The topological polar surface area (TPSA) is 56.5 Å². The van der Waals surface area contributed by atoms with E-state index in [4.69, 9.17) is 15.2 Å². The number of nitrogens with two attached hydrogens (primary N) is 1. The molecule has 1 atom stereocenters. The highest BCUT2D eigenvalue weighted by Crippen LogP contribution is 2.14. The molecular formula is C16H26N2O2. The Morgan fingerprint density at radius 3 is 2.90 bits per heavy atom. The number of benzene rings is 1. The summed E-state index contributed by atoms with van der Waals surface area (Å²) in [7, 11) is 1.70. The highest BCUT2D eigenvalue weighted by Gasteiger charge is 2.09. The molecule has 1 aromatic carbocycles. The molecule has 0 aliphatic rings. The van der Waals surface area contributed by atoms with Gasteiger partial charge < -0.3 is 20.5 Å². The maximum Gasteiger partial charge on any atom is 0.0713 e. The molecule has 1 aromatic rings. The van der Waals surface area contributed by atoms with Crippen LogP contribution in [0, 0.1) is 0 Å². The van der Waals surface area contributed by atoms with Crippen molar-refractivity contribution >= 4 is 0 Å². The van der Waals surface area contributed by atoms with E-state index in [0.29, 0.717) is 26.4 Å². The summed E-state index contributed by atoms with van der Waals surface area (Å²) in [4.78, 5) is 0. The molecule has 4 nitrogen and oxygen atoms in total. The summed E-state index contributed by atoms with van der Waals surface area (Å²) < 4.78 is 10.6. The normalized spacial score (nSPS) is 12.3. The lowest BCUT2D eigenvalue weighted by molar-refractivity contribution is 0.155. The van der Waals surface area contributed by atoms with Crippen molar-refractivity contribution in [3.05, 3.63) is 47.5 Å². The average Bonchev–Trinajstić information content (AvgIpc) is 2.43. The largest absolute Gasteiger partial charge is 0.380 e. The molecule has 0 amide bonds. The van der Waals surface area contributed by atoms with E-state index in [1.54, 1.807) is 7.11 Å². The van der Waals surface area contributed by atoms with Crippen LogP contribution in [0.2, 0.25) is 0 Å². The van der Waals surface area contributed by atoms with Crippen LogP contribution >= 0.6 is 0 Å². The molecule has 0 saturated carbocycles. The number of rotatable bonds is 10. The van der Waals surface area contributed by atoms with Crippen molar-refractivity contribution in [2.75, 3.05) is 33.4 Å². The van der Waals surface area contributed by atoms with Crippen molar-refractivity contribution in [1.82, 2.24) is 5.32 Å². The van der Waals surface area contributed by atoms with Crippen LogP contribution in [0.4, 0.5) is 0 Å². The second-order valence-electron chi connectivity index (χ2n) is 4.93. The van der Waals surface area contributed by atoms with Gasteiger partial charge >= 0.3 is 0 Å². The van der Waals surface area contributed by atoms with Gasteiger partial charge in [0.25, 0.3) is 0 Å². The minimum Gasteiger partial charge on any atom is -0.380 e. The fraction of sp³-hybridized carbons (Fsp3) is 0.500. The summed E-state index contributed by atoms with van der Waals surface area (Å²) >= 11 is 0. The number of nitrogens with one attached hydrogen (secondary N) is 1. The molecule has 0 aliphatic heterocycles. The van der Waals surface area contributed by atoms with E-state index < -0.39 is 0 Å².